The summed E-state index contributed by atoms with van der Waals surface area (Å²) in [6.07, 6.45) is 0. The molecule has 0 aliphatic heterocycles. The van der Waals surface area contributed by atoms with E-state index in [0.29, 0.717) is 30.6 Å². The van der Waals surface area contributed by atoms with E-state index in [2.05, 4.69) is 19.2 Å². The first kappa shape index (κ1) is 17.3. The van der Waals surface area contributed by atoms with E-state index in [9.17, 15) is 4.79 Å². The minimum atomic E-state index is -0.0498. The average molecular weight is 294 g/mol. The van der Waals surface area contributed by atoms with E-state index >= 15 is 0 Å². The summed E-state index contributed by atoms with van der Waals surface area (Å²) in [5, 5.41) is 3.34. The Morgan fingerprint density at radius 2 is 2.10 bits per heavy atom. The molecular weight excluding hydrogens is 268 g/mol. The van der Waals surface area contributed by atoms with Crippen molar-refractivity contribution in [3.8, 4) is 11.5 Å². The molecule has 0 fully saturated rings. The van der Waals surface area contributed by atoms with Gasteiger partial charge in [0.25, 0.3) is 5.91 Å². The number of benzene rings is 1. The van der Waals surface area contributed by atoms with E-state index in [1.54, 1.807) is 19.1 Å². The van der Waals surface area contributed by atoms with Gasteiger partial charge >= 0.3 is 0 Å². The number of nitrogens with zero attached hydrogens (tertiary/aromatic N) is 1. The zero-order valence-electron chi connectivity index (χ0n) is 13.6. The van der Waals surface area contributed by atoms with Gasteiger partial charge in [-0.15, -0.1) is 0 Å². The number of amides is 1. The molecule has 0 atom stereocenters. The molecule has 0 aliphatic rings. The molecule has 0 saturated heterocycles. The lowest BCUT2D eigenvalue weighted by Crippen LogP contribution is -2.31. The lowest BCUT2D eigenvalue weighted by Gasteiger charge is -2.18. The van der Waals surface area contributed by atoms with Crippen molar-refractivity contribution in [2.75, 3.05) is 27.3 Å². The second-order valence-electron chi connectivity index (χ2n) is 5.18. The number of para-hydroxylation sites is 1. The van der Waals surface area contributed by atoms with E-state index < -0.39 is 0 Å². The zero-order chi connectivity index (χ0) is 15.8. The third-order valence-electron chi connectivity index (χ3n) is 3.22. The van der Waals surface area contributed by atoms with Crippen LogP contribution in [0.25, 0.3) is 0 Å². The fraction of sp³-hybridized carbons (Fsp3) is 0.562. The molecule has 1 amide bonds. The molecule has 0 heterocycles. The number of carbonyl (C=O) groups excluding carboxylic acids is 1. The van der Waals surface area contributed by atoms with Crippen LogP contribution < -0.4 is 14.8 Å². The molecule has 118 valence electrons. The van der Waals surface area contributed by atoms with Crippen molar-refractivity contribution in [3.63, 3.8) is 0 Å². The summed E-state index contributed by atoms with van der Waals surface area (Å²) >= 11 is 0. The SMILES string of the molecule is CCN(C)C(=O)COc1c(CNC(C)C)cccc1OC. The second kappa shape index (κ2) is 8.52. The van der Waals surface area contributed by atoms with Crippen LogP contribution in [-0.2, 0) is 11.3 Å². The molecule has 1 rings (SSSR count). The van der Waals surface area contributed by atoms with Gasteiger partial charge in [0.1, 0.15) is 0 Å². The maximum absolute atomic E-state index is 11.9. The molecule has 0 spiro atoms. The molecule has 0 radical (unpaired) electrons. The molecule has 1 N–H and O–H groups in total. The topological polar surface area (TPSA) is 50.8 Å². The van der Waals surface area contributed by atoms with Crippen molar-refractivity contribution in [3.05, 3.63) is 23.8 Å². The van der Waals surface area contributed by atoms with Crippen molar-refractivity contribution < 1.29 is 14.3 Å². The van der Waals surface area contributed by atoms with Gasteiger partial charge in [-0.2, -0.15) is 0 Å². The van der Waals surface area contributed by atoms with Crippen LogP contribution in [0.3, 0.4) is 0 Å². The molecule has 0 aliphatic carbocycles. The Kier molecular flexibility index (Phi) is 7.02. The molecule has 1 aromatic rings. The maximum Gasteiger partial charge on any atom is 0.260 e. The lowest BCUT2D eigenvalue weighted by molar-refractivity contribution is -0.131. The molecule has 1 aromatic carbocycles. The number of carbonyl (C=O) groups is 1. The van der Waals surface area contributed by atoms with Crippen LogP contribution in [0.15, 0.2) is 18.2 Å². The van der Waals surface area contributed by atoms with E-state index in [1.807, 2.05) is 25.1 Å². The Morgan fingerprint density at radius 1 is 1.38 bits per heavy atom. The van der Waals surface area contributed by atoms with Crippen LogP contribution in [0.2, 0.25) is 0 Å². The van der Waals surface area contributed by atoms with E-state index in [1.165, 1.54) is 0 Å². The smallest absolute Gasteiger partial charge is 0.260 e. The first-order valence-corrected chi connectivity index (χ1v) is 7.25. The van der Waals surface area contributed by atoms with Crippen LogP contribution in [0.4, 0.5) is 0 Å². The van der Waals surface area contributed by atoms with Gasteiger partial charge in [0, 0.05) is 31.7 Å². The summed E-state index contributed by atoms with van der Waals surface area (Å²) in [5.74, 6) is 1.22. The van der Waals surface area contributed by atoms with Crippen LogP contribution in [0, 0.1) is 0 Å². The number of likely N-dealkylation sites (N-methyl/N-ethyl adjacent to an activating group) is 1. The number of rotatable bonds is 8. The van der Waals surface area contributed by atoms with Crippen molar-refractivity contribution in [2.45, 2.75) is 33.4 Å². The number of ether oxygens (including phenoxy) is 2. The Balaban J connectivity index is 2.84. The van der Waals surface area contributed by atoms with Crippen LogP contribution in [-0.4, -0.2) is 44.2 Å². The van der Waals surface area contributed by atoms with Gasteiger partial charge in [0.15, 0.2) is 18.1 Å². The highest BCUT2D eigenvalue weighted by atomic mass is 16.5. The Morgan fingerprint density at radius 3 is 2.67 bits per heavy atom. The quantitative estimate of drug-likeness (QED) is 0.797. The normalized spacial score (nSPS) is 10.6. The summed E-state index contributed by atoms with van der Waals surface area (Å²) in [5.41, 5.74) is 0.981. The fourth-order valence-corrected chi connectivity index (χ4v) is 1.76. The molecule has 0 aromatic heterocycles. The molecule has 5 heteroatoms. The van der Waals surface area contributed by atoms with Crippen molar-refractivity contribution >= 4 is 5.91 Å². The highest BCUT2D eigenvalue weighted by Crippen LogP contribution is 2.31. The van der Waals surface area contributed by atoms with E-state index in [0.717, 1.165) is 5.56 Å². The first-order valence-electron chi connectivity index (χ1n) is 7.25. The van der Waals surface area contributed by atoms with E-state index in [4.69, 9.17) is 9.47 Å². The van der Waals surface area contributed by atoms with Crippen molar-refractivity contribution in [1.29, 1.82) is 0 Å². The maximum atomic E-state index is 11.9. The number of methoxy groups -OCH3 is 1. The van der Waals surface area contributed by atoms with Gasteiger partial charge in [-0.3, -0.25) is 4.79 Å². The highest BCUT2D eigenvalue weighted by Gasteiger charge is 2.14. The predicted molar refractivity (Wildman–Crippen MR) is 83.8 cm³/mol. The van der Waals surface area contributed by atoms with Gasteiger partial charge in [-0.1, -0.05) is 26.0 Å². The predicted octanol–water partition coefficient (Wildman–Crippen LogP) is 2.05. The molecule has 21 heavy (non-hydrogen) atoms. The Hall–Kier alpha value is -1.75. The Labute approximate surface area is 127 Å². The van der Waals surface area contributed by atoms with Gasteiger partial charge < -0.3 is 19.7 Å². The van der Waals surface area contributed by atoms with Crippen molar-refractivity contribution in [1.82, 2.24) is 10.2 Å². The molecule has 5 nitrogen and oxygen atoms in total. The number of hydrogen-bond donors (Lipinski definition) is 1. The first-order chi connectivity index (χ1) is 9.99. The monoisotopic (exact) mass is 294 g/mol. The largest absolute Gasteiger partial charge is 0.493 e. The third kappa shape index (κ3) is 5.27. The van der Waals surface area contributed by atoms with Crippen LogP contribution in [0.1, 0.15) is 26.3 Å². The van der Waals surface area contributed by atoms with E-state index in [-0.39, 0.29) is 12.5 Å². The summed E-state index contributed by atoms with van der Waals surface area (Å²) in [4.78, 5) is 13.5. The Bertz CT molecular complexity index is 461. The zero-order valence-corrected chi connectivity index (χ0v) is 13.6. The molecule has 0 saturated carbocycles. The van der Waals surface area contributed by atoms with Crippen molar-refractivity contribution in [2.24, 2.45) is 0 Å². The van der Waals surface area contributed by atoms with Crippen LogP contribution in [0.5, 0.6) is 11.5 Å². The van der Waals surface area contributed by atoms with Gasteiger partial charge in [0.2, 0.25) is 0 Å². The van der Waals surface area contributed by atoms with Crippen LogP contribution >= 0.6 is 0 Å². The third-order valence-corrected chi connectivity index (χ3v) is 3.22. The summed E-state index contributed by atoms with van der Waals surface area (Å²) in [6, 6.07) is 6.10. The summed E-state index contributed by atoms with van der Waals surface area (Å²) in [6.45, 7) is 7.44. The lowest BCUT2D eigenvalue weighted by atomic mass is 10.1. The summed E-state index contributed by atoms with van der Waals surface area (Å²) < 4.78 is 11.1. The minimum absolute atomic E-state index is 0.0133. The summed E-state index contributed by atoms with van der Waals surface area (Å²) in [7, 11) is 3.36. The van der Waals surface area contributed by atoms with Gasteiger partial charge in [0.05, 0.1) is 7.11 Å². The fourth-order valence-electron chi connectivity index (χ4n) is 1.76. The molecular formula is C16H26N2O3. The van der Waals surface area contributed by atoms with Gasteiger partial charge in [-0.05, 0) is 13.0 Å². The second-order valence-corrected chi connectivity index (χ2v) is 5.18. The molecule has 0 unspecified atom stereocenters. The highest BCUT2D eigenvalue weighted by molar-refractivity contribution is 5.77. The minimum Gasteiger partial charge on any atom is -0.493 e. The molecule has 0 bridgehead atoms. The standard InChI is InChI=1S/C16H26N2O3/c1-6-18(4)15(19)11-21-16-13(10-17-12(2)3)8-7-9-14(16)20-5/h7-9,12,17H,6,10-11H2,1-5H3. The number of hydrogen-bond acceptors (Lipinski definition) is 4. The average Bonchev–Trinajstić information content (AvgIpc) is 2.49. The van der Waals surface area contributed by atoms with Gasteiger partial charge in [-0.25, -0.2) is 0 Å². The number of nitrogens with one attached hydrogen (secondary N) is 1.